The molecule has 0 saturated heterocycles. The molecule has 0 unspecified atom stereocenters. The largest absolute Gasteiger partial charge is 0.507 e. The zero-order chi connectivity index (χ0) is 17.1. The van der Waals surface area contributed by atoms with Gasteiger partial charge < -0.3 is 14.6 Å². The molecule has 1 heterocycles. The SMILES string of the molecule is Cc1cc(Br)cc(/C=N\NC(=O)c2ccc3c(c2)OCCO3)c1O. The highest BCUT2D eigenvalue weighted by atomic mass is 79.9. The predicted octanol–water partition coefficient (Wildman–Crippen LogP) is 3.00. The number of phenolic OH excluding ortho intramolecular Hbond substituents is 1. The Hall–Kier alpha value is -2.54. The minimum Gasteiger partial charge on any atom is -0.507 e. The smallest absolute Gasteiger partial charge is 0.271 e. The summed E-state index contributed by atoms with van der Waals surface area (Å²) in [5, 5.41) is 13.9. The number of benzene rings is 2. The van der Waals surface area contributed by atoms with E-state index in [1.807, 2.05) is 0 Å². The lowest BCUT2D eigenvalue weighted by Crippen LogP contribution is -2.19. The molecule has 2 N–H and O–H groups in total. The lowest BCUT2D eigenvalue weighted by molar-refractivity contribution is 0.0954. The number of nitrogens with zero attached hydrogens (tertiary/aromatic N) is 1. The third-order valence-corrected chi connectivity index (χ3v) is 3.93. The molecule has 0 aliphatic carbocycles. The van der Waals surface area contributed by atoms with Gasteiger partial charge in [-0.25, -0.2) is 5.43 Å². The number of phenols is 1. The van der Waals surface area contributed by atoms with Crippen LogP contribution < -0.4 is 14.9 Å². The summed E-state index contributed by atoms with van der Waals surface area (Å²) in [7, 11) is 0. The second-order valence-electron chi connectivity index (χ2n) is 5.22. The number of ether oxygens (including phenoxy) is 2. The number of fused-ring (bicyclic) bond motifs is 1. The first-order chi connectivity index (χ1) is 11.5. The molecule has 0 atom stereocenters. The van der Waals surface area contributed by atoms with Crippen molar-refractivity contribution >= 4 is 28.1 Å². The molecule has 1 aliphatic rings. The normalized spacial score (nSPS) is 13.1. The predicted molar refractivity (Wildman–Crippen MR) is 93.0 cm³/mol. The summed E-state index contributed by atoms with van der Waals surface area (Å²) in [6.07, 6.45) is 1.39. The topological polar surface area (TPSA) is 80.2 Å². The summed E-state index contributed by atoms with van der Waals surface area (Å²) in [5.41, 5.74) is 4.05. The lowest BCUT2D eigenvalue weighted by Gasteiger charge is -2.18. The Labute approximate surface area is 147 Å². The highest BCUT2D eigenvalue weighted by molar-refractivity contribution is 9.10. The summed E-state index contributed by atoms with van der Waals surface area (Å²) in [6, 6.07) is 8.44. The number of amides is 1. The minimum absolute atomic E-state index is 0.121. The van der Waals surface area contributed by atoms with E-state index in [1.165, 1.54) is 6.21 Å². The van der Waals surface area contributed by atoms with Crippen molar-refractivity contribution in [3.8, 4) is 17.2 Å². The fraction of sp³-hybridized carbons (Fsp3) is 0.176. The van der Waals surface area contributed by atoms with Crippen LogP contribution in [0, 0.1) is 6.92 Å². The maximum absolute atomic E-state index is 12.1. The molecule has 0 fully saturated rings. The molecule has 3 rings (SSSR count). The van der Waals surface area contributed by atoms with Crippen LogP contribution in [-0.2, 0) is 0 Å². The monoisotopic (exact) mass is 390 g/mol. The van der Waals surface area contributed by atoms with Crippen molar-refractivity contribution in [2.24, 2.45) is 5.10 Å². The fourth-order valence-electron chi connectivity index (χ4n) is 2.27. The van der Waals surface area contributed by atoms with Crippen molar-refractivity contribution in [3.63, 3.8) is 0 Å². The Morgan fingerprint density at radius 3 is 2.79 bits per heavy atom. The molecule has 7 heteroatoms. The van der Waals surface area contributed by atoms with E-state index in [2.05, 4.69) is 26.5 Å². The number of hydrogen-bond acceptors (Lipinski definition) is 5. The summed E-state index contributed by atoms with van der Waals surface area (Å²) in [6.45, 7) is 2.74. The molecular weight excluding hydrogens is 376 g/mol. The molecular formula is C17H15BrN2O4. The van der Waals surface area contributed by atoms with Crippen LogP contribution in [-0.4, -0.2) is 30.4 Å². The average Bonchev–Trinajstić information content (AvgIpc) is 2.58. The summed E-state index contributed by atoms with van der Waals surface area (Å²) in [4.78, 5) is 12.1. The zero-order valence-electron chi connectivity index (χ0n) is 12.9. The average molecular weight is 391 g/mol. The number of nitrogens with one attached hydrogen (secondary N) is 1. The first-order valence-electron chi connectivity index (χ1n) is 7.27. The van der Waals surface area contributed by atoms with Crippen LogP contribution in [0.25, 0.3) is 0 Å². The van der Waals surface area contributed by atoms with Gasteiger partial charge in [-0.2, -0.15) is 5.10 Å². The van der Waals surface area contributed by atoms with Gasteiger partial charge in [0.1, 0.15) is 19.0 Å². The molecule has 2 aromatic carbocycles. The van der Waals surface area contributed by atoms with E-state index in [9.17, 15) is 9.90 Å². The number of hydrazone groups is 1. The lowest BCUT2D eigenvalue weighted by atomic mass is 10.1. The molecule has 0 spiro atoms. The van der Waals surface area contributed by atoms with Gasteiger partial charge in [-0.1, -0.05) is 15.9 Å². The van der Waals surface area contributed by atoms with Crippen molar-refractivity contribution in [3.05, 3.63) is 51.5 Å². The molecule has 0 saturated carbocycles. The van der Waals surface area contributed by atoms with Crippen LogP contribution in [0.15, 0.2) is 39.9 Å². The van der Waals surface area contributed by atoms with Gasteiger partial charge in [0, 0.05) is 15.6 Å². The number of halogens is 1. The molecule has 1 aliphatic heterocycles. The Bertz CT molecular complexity index is 820. The Balaban J connectivity index is 1.72. The number of hydrogen-bond donors (Lipinski definition) is 2. The summed E-state index contributed by atoms with van der Waals surface area (Å²) >= 11 is 3.35. The minimum atomic E-state index is -0.380. The molecule has 6 nitrogen and oxygen atoms in total. The maximum atomic E-state index is 12.1. The van der Waals surface area contributed by atoms with E-state index in [-0.39, 0.29) is 11.7 Å². The number of rotatable bonds is 3. The molecule has 124 valence electrons. The maximum Gasteiger partial charge on any atom is 0.271 e. The molecule has 1 amide bonds. The quantitative estimate of drug-likeness (QED) is 0.623. The summed E-state index contributed by atoms with van der Waals surface area (Å²) in [5.74, 6) is 0.902. The molecule has 0 bridgehead atoms. The van der Waals surface area contributed by atoms with Gasteiger partial charge in [-0.05, 0) is 42.8 Å². The fourth-order valence-corrected chi connectivity index (χ4v) is 2.86. The van der Waals surface area contributed by atoms with Crippen molar-refractivity contribution in [2.45, 2.75) is 6.92 Å². The van der Waals surface area contributed by atoms with Crippen molar-refractivity contribution < 1.29 is 19.4 Å². The Kier molecular flexibility index (Phi) is 4.71. The van der Waals surface area contributed by atoms with Crippen LogP contribution in [0.3, 0.4) is 0 Å². The number of carbonyl (C=O) groups is 1. The van der Waals surface area contributed by atoms with Crippen LogP contribution >= 0.6 is 15.9 Å². The van der Waals surface area contributed by atoms with Gasteiger partial charge in [0.25, 0.3) is 5.91 Å². The molecule has 0 radical (unpaired) electrons. The highest BCUT2D eigenvalue weighted by Gasteiger charge is 2.14. The second-order valence-corrected chi connectivity index (χ2v) is 6.13. The first kappa shape index (κ1) is 16.3. The molecule has 24 heavy (non-hydrogen) atoms. The van der Waals surface area contributed by atoms with Gasteiger partial charge in [-0.15, -0.1) is 0 Å². The number of aromatic hydroxyl groups is 1. The van der Waals surface area contributed by atoms with Gasteiger partial charge in [0.15, 0.2) is 11.5 Å². The Morgan fingerprint density at radius 2 is 2.00 bits per heavy atom. The van der Waals surface area contributed by atoms with E-state index in [0.717, 1.165) is 4.47 Å². The molecule has 0 aromatic heterocycles. The van der Waals surface area contributed by atoms with Crippen LogP contribution in [0.2, 0.25) is 0 Å². The van der Waals surface area contributed by atoms with Crippen molar-refractivity contribution in [1.82, 2.24) is 5.43 Å². The standard InChI is InChI=1S/C17H15BrN2O4/c1-10-6-13(18)7-12(16(10)21)9-19-20-17(22)11-2-3-14-15(8-11)24-5-4-23-14/h2-3,6-9,21H,4-5H2,1H3,(H,20,22)/b19-9-. The van der Waals surface area contributed by atoms with Crippen molar-refractivity contribution in [1.29, 1.82) is 0 Å². The van der Waals surface area contributed by atoms with Crippen LogP contribution in [0.5, 0.6) is 17.2 Å². The van der Waals surface area contributed by atoms with Crippen molar-refractivity contribution in [2.75, 3.05) is 13.2 Å². The van der Waals surface area contributed by atoms with Gasteiger partial charge >= 0.3 is 0 Å². The van der Waals surface area contributed by atoms with E-state index in [4.69, 9.17) is 9.47 Å². The second kappa shape index (κ2) is 6.92. The van der Waals surface area contributed by atoms with Crippen LogP contribution in [0.4, 0.5) is 0 Å². The van der Waals surface area contributed by atoms with E-state index >= 15 is 0 Å². The number of carbonyl (C=O) groups excluding carboxylic acids is 1. The van der Waals surface area contributed by atoms with E-state index in [1.54, 1.807) is 37.3 Å². The first-order valence-corrected chi connectivity index (χ1v) is 8.06. The zero-order valence-corrected chi connectivity index (χ0v) is 14.5. The summed E-state index contributed by atoms with van der Waals surface area (Å²) < 4.78 is 11.7. The third-order valence-electron chi connectivity index (χ3n) is 3.47. The molecule has 2 aromatic rings. The highest BCUT2D eigenvalue weighted by Crippen LogP contribution is 2.30. The van der Waals surface area contributed by atoms with E-state index in [0.29, 0.717) is 41.4 Å². The van der Waals surface area contributed by atoms with Gasteiger partial charge in [-0.3, -0.25) is 4.79 Å². The Morgan fingerprint density at radius 1 is 1.25 bits per heavy atom. The third kappa shape index (κ3) is 3.51. The van der Waals surface area contributed by atoms with E-state index < -0.39 is 0 Å². The van der Waals surface area contributed by atoms with Crippen LogP contribution in [0.1, 0.15) is 21.5 Å². The van der Waals surface area contributed by atoms with Gasteiger partial charge in [0.2, 0.25) is 0 Å². The van der Waals surface area contributed by atoms with Gasteiger partial charge in [0.05, 0.1) is 6.21 Å². The number of aryl methyl sites for hydroxylation is 1.